The molecule has 166 valence electrons. The molecule has 2 atom stereocenters. The summed E-state index contributed by atoms with van der Waals surface area (Å²) in [5, 5.41) is 9.72. The van der Waals surface area contributed by atoms with Gasteiger partial charge in [0.1, 0.15) is 22.7 Å². The van der Waals surface area contributed by atoms with Crippen molar-refractivity contribution < 1.29 is 9.47 Å². The second-order valence-corrected chi connectivity index (χ2v) is 10.4. The monoisotopic (exact) mass is 483 g/mol. The van der Waals surface area contributed by atoms with E-state index in [4.69, 9.17) is 14.7 Å². The van der Waals surface area contributed by atoms with Gasteiger partial charge in [0.2, 0.25) is 0 Å². The summed E-state index contributed by atoms with van der Waals surface area (Å²) in [5.74, 6) is 2.13. The molecule has 31 heavy (non-hydrogen) atoms. The number of rotatable bonds is 2. The molecular weight excluding hydrogens is 450 g/mol. The topological polar surface area (TPSA) is 42.2 Å². The van der Waals surface area contributed by atoms with Crippen LogP contribution in [0.25, 0.3) is 0 Å². The van der Waals surface area contributed by atoms with Gasteiger partial charge in [-0.3, -0.25) is 0 Å². The number of aryl methyl sites for hydroxylation is 4. The lowest BCUT2D eigenvalue weighted by molar-refractivity contribution is 0.121. The Morgan fingerprint density at radius 1 is 0.806 bits per heavy atom. The fraction of sp³-hybridized carbons (Fsp3) is 0.519. The Bertz CT molecular complexity index is 1070. The highest BCUT2D eigenvalue weighted by Gasteiger charge is 2.37. The van der Waals surface area contributed by atoms with Crippen LogP contribution < -0.4 is 9.47 Å². The predicted octanol–water partition coefficient (Wildman–Crippen LogP) is 6.92. The molecule has 0 bridgehead atoms. The lowest BCUT2D eigenvalue weighted by Gasteiger charge is -2.21. The third-order valence-corrected chi connectivity index (χ3v) is 7.95. The second kappa shape index (κ2) is 8.51. The van der Waals surface area contributed by atoms with Gasteiger partial charge in [-0.1, -0.05) is 28.1 Å². The molecule has 3 nitrogen and oxygen atoms in total. The summed E-state index contributed by atoms with van der Waals surface area (Å²) in [6, 6.07) is 6.68. The van der Waals surface area contributed by atoms with Gasteiger partial charge >= 0.3 is 0 Å². The van der Waals surface area contributed by atoms with Crippen molar-refractivity contribution in [2.45, 2.75) is 85.9 Å². The van der Waals surface area contributed by atoms with E-state index in [0.29, 0.717) is 6.42 Å². The van der Waals surface area contributed by atoms with E-state index in [1.807, 2.05) is 6.92 Å². The smallest absolute Gasteiger partial charge is 0.126 e. The summed E-state index contributed by atoms with van der Waals surface area (Å²) in [4.78, 5) is 0. The molecule has 4 rings (SSSR count). The molecule has 0 fully saturated rings. The second-order valence-electron chi connectivity index (χ2n) is 9.81. The average Bonchev–Trinajstić information content (AvgIpc) is 3.25. The predicted molar refractivity (Wildman–Crippen MR) is 131 cm³/mol. The highest BCUT2D eigenvalue weighted by molar-refractivity contribution is 9.09. The Morgan fingerprint density at radius 2 is 1.23 bits per heavy atom. The molecule has 2 aromatic carbocycles. The van der Waals surface area contributed by atoms with Crippen LogP contribution in [0.5, 0.6) is 11.5 Å². The lowest BCUT2D eigenvalue weighted by atomic mass is 9.92. The first kappa shape index (κ1) is 23.7. The van der Waals surface area contributed by atoms with Gasteiger partial charge < -0.3 is 9.47 Å². The van der Waals surface area contributed by atoms with Crippen LogP contribution in [0, 0.1) is 52.9 Å². The molecule has 0 radical (unpaired) electrons. The van der Waals surface area contributed by atoms with Gasteiger partial charge in [-0.25, -0.2) is 0 Å². The van der Waals surface area contributed by atoms with E-state index in [2.05, 4.69) is 82.6 Å². The molecule has 2 aliphatic rings. The Labute approximate surface area is 195 Å². The molecule has 0 amide bonds. The van der Waals surface area contributed by atoms with Crippen molar-refractivity contribution in [2.75, 3.05) is 5.33 Å². The highest BCUT2D eigenvalue weighted by Crippen LogP contribution is 2.42. The zero-order valence-corrected chi connectivity index (χ0v) is 21.7. The Hall–Kier alpha value is -1.99. The van der Waals surface area contributed by atoms with Crippen LogP contribution in [0.1, 0.15) is 64.8 Å². The number of fused-ring (bicyclic) bond motifs is 2. The maximum atomic E-state index is 8.83. The minimum absolute atomic E-state index is 0.0638. The van der Waals surface area contributed by atoms with Crippen LogP contribution in [-0.4, -0.2) is 16.5 Å². The molecule has 0 spiro atoms. The number of hydrogen-bond acceptors (Lipinski definition) is 3. The standard InChI is InChI=1S/C14H17NO.C13H17BrO/c1-9-7-10(2)12-8-14(4,5-6-15)16-13(12)11(9)3;1-8-5-9(2)11-6-13(4,7-14)15-12(11)10(8)3/h7H,5,8H2,1-4H3;5H,6-7H2,1-4H3. The first-order valence-corrected chi connectivity index (χ1v) is 12.1. The summed E-state index contributed by atoms with van der Waals surface area (Å²) in [6.45, 7) is 17.0. The number of nitriles is 1. The van der Waals surface area contributed by atoms with E-state index in [0.717, 1.165) is 29.7 Å². The van der Waals surface area contributed by atoms with Crippen molar-refractivity contribution in [3.05, 3.63) is 56.6 Å². The largest absolute Gasteiger partial charge is 0.486 e. The SMILES string of the molecule is Cc1cc(C)c2c(c1C)OC(C)(CBr)C2.Cc1cc(C)c2c(c1C)OC(C)(CC#N)C2. The van der Waals surface area contributed by atoms with Crippen molar-refractivity contribution >= 4 is 15.9 Å². The van der Waals surface area contributed by atoms with Crippen molar-refractivity contribution in [1.82, 2.24) is 0 Å². The number of benzene rings is 2. The van der Waals surface area contributed by atoms with E-state index in [1.54, 1.807) is 0 Å². The fourth-order valence-electron chi connectivity index (χ4n) is 4.58. The van der Waals surface area contributed by atoms with E-state index in [9.17, 15) is 0 Å². The summed E-state index contributed by atoms with van der Waals surface area (Å²) in [5.41, 5.74) is 10.00. The zero-order chi connectivity index (χ0) is 23.1. The summed E-state index contributed by atoms with van der Waals surface area (Å²) >= 11 is 3.53. The molecule has 0 saturated carbocycles. The molecule has 0 aliphatic carbocycles. The maximum absolute atomic E-state index is 8.83. The average molecular weight is 484 g/mol. The lowest BCUT2D eigenvalue weighted by Crippen LogP contribution is -2.32. The number of halogens is 1. The van der Waals surface area contributed by atoms with Crippen LogP contribution in [0.2, 0.25) is 0 Å². The minimum Gasteiger partial charge on any atom is -0.486 e. The first-order chi connectivity index (χ1) is 14.4. The van der Waals surface area contributed by atoms with Crippen molar-refractivity contribution in [3.8, 4) is 17.6 Å². The third kappa shape index (κ3) is 4.48. The molecule has 0 N–H and O–H groups in total. The van der Waals surface area contributed by atoms with Crippen LogP contribution >= 0.6 is 15.9 Å². The molecular formula is C27H34BrNO2. The third-order valence-electron chi connectivity index (χ3n) is 6.76. The summed E-state index contributed by atoms with van der Waals surface area (Å²) in [6.07, 6.45) is 2.31. The van der Waals surface area contributed by atoms with Crippen molar-refractivity contribution in [2.24, 2.45) is 0 Å². The number of ether oxygens (including phenoxy) is 2. The molecule has 2 unspecified atom stereocenters. The normalized spacial score (nSPS) is 23.1. The van der Waals surface area contributed by atoms with E-state index in [-0.39, 0.29) is 11.2 Å². The fourth-order valence-corrected chi connectivity index (χ4v) is 4.89. The minimum atomic E-state index is -0.333. The van der Waals surface area contributed by atoms with Gasteiger partial charge in [0.05, 0.1) is 12.5 Å². The quantitative estimate of drug-likeness (QED) is 0.435. The van der Waals surface area contributed by atoms with Gasteiger partial charge in [-0.15, -0.1) is 0 Å². The van der Waals surface area contributed by atoms with E-state index in [1.165, 1.54) is 44.5 Å². The van der Waals surface area contributed by atoms with Crippen LogP contribution in [0.15, 0.2) is 12.1 Å². The van der Waals surface area contributed by atoms with Gasteiger partial charge in [0.25, 0.3) is 0 Å². The molecule has 2 heterocycles. The van der Waals surface area contributed by atoms with E-state index < -0.39 is 0 Å². The molecule has 2 aromatic rings. The maximum Gasteiger partial charge on any atom is 0.126 e. The number of nitrogens with zero attached hydrogens (tertiary/aromatic N) is 1. The zero-order valence-electron chi connectivity index (χ0n) is 20.1. The van der Waals surface area contributed by atoms with Gasteiger partial charge in [0.15, 0.2) is 0 Å². The Balaban J connectivity index is 0.000000176. The number of alkyl halides is 1. The number of hydrogen-bond donors (Lipinski definition) is 0. The van der Waals surface area contributed by atoms with Crippen molar-refractivity contribution in [1.29, 1.82) is 5.26 Å². The van der Waals surface area contributed by atoms with Gasteiger partial charge in [-0.05, 0) is 88.8 Å². The first-order valence-electron chi connectivity index (χ1n) is 10.9. The summed E-state index contributed by atoms with van der Waals surface area (Å²) < 4.78 is 12.1. The molecule has 4 heteroatoms. The summed E-state index contributed by atoms with van der Waals surface area (Å²) in [7, 11) is 0. The molecule has 0 aromatic heterocycles. The van der Waals surface area contributed by atoms with Gasteiger partial charge in [-0.2, -0.15) is 5.26 Å². The van der Waals surface area contributed by atoms with Crippen molar-refractivity contribution in [3.63, 3.8) is 0 Å². The van der Waals surface area contributed by atoms with Gasteiger partial charge in [0, 0.05) is 29.3 Å². The van der Waals surface area contributed by atoms with Crippen LogP contribution in [0.3, 0.4) is 0 Å². The Kier molecular flexibility index (Phi) is 6.50. The molecule has 2 aliphatic heterocycles. The molecule has 0 saturated heterocycles. The van der Waals surface area contributed by atoms with E-state index >= 15 is 0 Å². The Morgan fingerprint density at radius 3 is 1.65 bits per heavy atom. The van der Waals surface area contributed by atoms with Crippen LogP contribution in [-0.2, 0) is 12.8 Å². The highest BCUT2D eigenvalue weighted by atomic mass is 79.9. The van der Waals surface area contributed by atoms with Crippen LogP contribution in [0.4, 0.5) is 0 Å².